The highest BCUT2D eigenvalue weighted by molar-refractivity contribution is 9.10. The Balaban J connectivity index is 1.71. The maximum absolute atomic E-state index is 12.1. The van der Waals surface area contributed by atoms with Crippen LogP contribution in [0.25, 0.3) is 0 Å². The highest BCUT2D eigenvalue weighted by Gasteiger charge is 2.22. The van der Waals surface area contributed by atoms with Gasteiger partial charge in [-0.1, -0.05) is 28.8 Å². The Kier molecular flexibility index (Phi) is 7.63. The highest BCUT2D eigenvalue weighted by Crippen LogP contribution is 2.24. The quantitative estimate of drug-likeness (QED) is 0.707. The molecule has 1 fully saturated rings. The molecule has 0 aliphatic heterocycles. The molecule has 1 aliphatic rings. The van der Waals surface area contributed by atoms with E-state index in [4.69, 9.17) is 0 Å². The van der Waals surface area contributed by atoms with Gasteiger partial charge in [-0.2, -0.15) is 0 Å². The van der Waals surface area contributed by atoms with Gasteiger partial charge in [0.25, 0.3) is 0 Å². The van der Waals surface area contributed by atoms with Crippen LogP contribution in [0.3, 0.4) is 0 Å². The van der Waals surface area contributed by atoms with Crippen molar-refractivity contribution in [1.29, 1.82) is 0 Å². The number of aryl methyl sites for hydroxylation is 1. The number of halogens is 1. The maximum Gasteiger partial charge on any atom is 0.243 e. The predicted molar refractivity (Wildman–Crippen MR) is 105 cm³/mol. The zero-order valence-electron chi connectivity index (χ0n) is 15.3. The van der Waals surface area contributed by atoms with E-state index >= 15 is 0 Å². The normalized spacial score (nSPS) is 14.1. The summed E-state index contributed by atoms with van der Waals surface area (Å²) >= 11 is 3.38. The first-order valence-corrected chi connectivity index (χ1v) is 9.74. The summed E-state index contributed by atoms with van der Waals surface area (Å²) in [6.45, 7) is 2.19. The van der Waals surface area contributed by atoms with Gasteiger partial charge in [-0.15, -0.1) is 0 Å². The average molecular weight is 424 g/mol. The van der Waals surface area contributed by atoms with E-state index in [1.807, 2.05) is 25.1 Å². The molecule has 0 atom stereocenters. The van der Waals surface area contributed by atoms with Crippen LogP contribution in [0.15, 0.2) is 22.7 Å². The van der Waals surface area contributed by atoms with Crippen LogP contribution in [0.4, 0.5) is 5.69 Å². The molecule has 0 aromatic heterocycles. The van der Waals surface area contributed by atoms with E-state index in [2.05, 4.69) is 26.6 Å². The lowest BCUT2D eigenvalue weighted by molar-refractivity contribution is -0.133. The molecule has 2 N–H and O–H groups in total. The minimum Gasteiger partial charge on any atom is -0.355 e. The SMILES string of the molecule is Cc1cc(Br)ccc1NC(=O)CN(C)C(=O)CCNC(=O)C1CCCC1. The zero-order chi connectivity index (χ0) is 19.1. The van der Waals surface area contributed by atoms with E-state index in [-0.39, 0.29) is 36.6 Å². The molecule has 26 heavy (non-hydrogen) atoms. The van der Waals surface area contributed by atoms with Gasteiger partial charge in [-0.25, -0.2) is 0 Å². The third-order valence-electron chi connectivity index (χ3n) is 4.63. The number of nitrogens with zero attached hydrogens (tertiary/aromatic N) is 1. The van der Waals surface area contributed by atoms with Gasteiger partial charge in [0.15, 0.2) is 0 Å². The molecule has 1 aromatic rings. The van der Waals surface area contributed by atoms with Crippen LogP contribution in [0, 0.1) is 12.8 Å². The second kappa shape index (κ2) is 9.71. The van der Waals surface area contributed by atoms with Gasteiger partial charge in [0.1, 0.15) is 0 Å². The molecule has 0 heterocycles. The summed E-state index contributed by atoms with van der Waals surface area (Å²) in [5, 5.41) is 5.64. The van der Waals surface area contributed by atoms with Crippen molar-refractivity contribution in [2.24, 2.45) is 5.92 Å². The van der Waals surface area contributed by atoms with Crippen LogP contribution in [0.2, 0.25) is 0 Å². The number of carbonyl (C=O) groups is 3. The number of hydrogen-bond donors (Lipinski definition) is 2. The summed E-state index contributed by atoms with van der Waals surface area (Å²) < 4.78 is 0.944. The molecular formula is C19H26BrN3O3. The fraction of sp³-hybridized carbons (Fsp3) is 0.526. The predicted octanol–water partition coefficient (Wildman–Crippen LogP) is 2.85. The fourth-order valence-electron chi connectivity index (χ4n) is 3.08. The Morgan fingerprint density at radius 3 is 2.58 bits per heavy atom. The Bertz CT molecular complexity index is 672. The van der Waals surface area contributed by atoms with Crippen molar-refractivity contribution in [3.05, 3.63) is 28.2 Å². The number of benzene rings is 1. The number of carbonyl (C=O) groups excluding carboxylic acids is 3. The average Bonchev–Trinajstić information content (AvgIpc) is 3.11. The van der Waals surface area contributed by atoms with Crippen LogP contribution in [0.1, 0.15) is 37.7 Å². The molecule has 0 bridgehead atoms. The number of rotatable bonds is 7. The molecule has 1 saturated carbocycles. The van der Waals surface area contributed by atoms with Gasteiger partial charge >= 0.3 is 0 Å². The van der Waals surface area contributed by atoms with E-state index in [0.29, 0.717) is 6.54 Å². The van der Waals surface area contributed by atoms with E-state index < -0.39 is 0 Å². The van der Waals surface area contributed by atoms with Crippen molar-refractivity contribution < 1.29 is 14.4 Å². The van der Waals surface area contributed by atoms with Crippen molar-refractivity contribution >= 4 is 39.3 Å². The van der Waals surface area contributed by atoms with Gasteiger partial charge < -0.3 is 15.5 Å². The molecular weight excluding hydrogens is 398 g/mol. The third kappa shape index (κ3) is 6.12. The van der Waals surface area contributed by atoms with Crippen LogP contribution in [-0.4, -0.2) is 42.8 Å². The standard InChI is InChI=1S/C19H26BrN3O3/c1-13-11-15(20)7-8-16(13)22-17(24)12-23(2)18(25)9-10-21-19(26)14-5-3-4-6-14/h7-8,11,14H,3-6,9-10,12H2,1-2H3,(H,21,26)(H,22,24). The fourth-order valence-corrected chi connectivity index (χ4v) is 3.55. The van der Waals surface area contributed by atoms with Crippen LogP contribution < -0.4 is 10.6 Å². The summed E-state index contributed by atoms with van der Waals surface area (Å²) in [5.41, 5.74) is 1.67. The van der Waals surface area contributed by atoms with Crippen molar-refractivity contribution in [2.75, 3.05) is 25.5 Å². The Morgan fingerprint density at radius 2 is 1.92 bits per heavy atom. The lowest BCUT2D eigenvalue weighted by Crippen LogP contribution is -2.37. The minimum absolute atomic E-state index is 0.0229. The molecule has 0 unspecified atom stereocenters. The summed E-state index contributed by atoms with van der Waals surface area (Å²) in [6, 6.07) is 5.58. The Morgan fingerprint density at radius 1 is 1.23 bits per heavy atom. The second-order valence-electron chi connectivity index (χ2n) is 6.78. The minimum atomic E-state index is -0.249. The van der Waals surface area contributed by atoms with E-state index in [0.717, 1.165) is 41.4 Å². The topological polar surface area (TPSA) is 78.5 Å². The molecule has 0 saturated heterocycles. The summed E-state index contributed by atoms with van der Waals surface area (Å²) in [4.78, 5) is 37.6. The smallest absolute Gasteiger partial charge is 0.243 e. The van der Waals surface area contributed by atoms with E-state index in [1.165, 1.54) is 4.90 Å². The molecule has 1 aromatic carbocycles. The number of nitrogens with one attached hydrogen (secondary N) is 2. The van der Waals surface area contributed by atoms with Gasteiger partial charge in [0, 0.05) is 36.1 Å². The van der Waals surface area contributed by atoms with Gasteiger partial charge in [-0.3, -0.25) is 14.4 Å². The monoisotopic (exact) mass is 423 g/mol. The highest BCUT2D eigenvalue weighted by atomic mass is 79.9. The van der Waals surface area contributed by atoms with Crippen LogP contribution in [0.5, 0.6) is 0 Å². The van der Waals surface area contributed by atoms with Crippen molar-refractivity contribution in [3.63, 3.8) is 0 Å². The zero-order valence-corrected chi connectivity index (χ0v) is 16.9. The van der Waals surface area contributed by atoms with Gasteiger partial charge in [0.05, 0.1) is 6.54 Å². The van der Waals surface area contributed by atoms with Crippen LogP contribution in [-0.2, 0) is 14.4 Å². The van der Waals surface area contributed by atoms with Crippen molar-refractivity contribution in [2.45, 2.75) is 39.0 Å². The molecule has 0 spiro atoms. The van der Waals surface area contributed by atoms with Gasteiger partial charge in [-0.05, 0) is 43.5 Å². The molecule has 6 nitrogen and oxygen atoms in total. The Labute approximate surface area is 162 Å². The summed E-state index contributed by atoms with van der Waals surface area (Å²) in [5.74, 6) is -0.273. The molecule has 3 amide bonds. The van der Waals surface area contributed by atoms with Crippen molar-refractivity contribution in [3.8, 4) is 0 Å². The summed E-state index contributed by atoms with van der Waals surface area (Å²) in [7, 11) is 1.59. The van der Waals surface area contributed by atoms with E-state index in [9.17, 15) is 14.4 Å². The van der Waals surface area contributed by atoms with Crippen LogP contribution >= 0.6 is 15.9 Å². The number of anilines is 1. The number of amides is 3. The molecule has 1 aliphatic carbocycles. The lowest BCUT2D eigenvalue weighted by Gasteiger charge is -2.18. The molecule has 7 heteroatoms. The molecule has 2 rings (SSSR count). The number of hydrogen-bond acceptors (Lipinski definition) is 3. The first kappa shape index (κ1) is 20.4. The second-order valence-corrected chi connectivity index (χ2v) is 7.70. The van der Waals surface area contributed by atoms with E-state index in [1.54, 1.807) is 7.05 Å². The number of likely N-dealkylation sites (N-methyl/N-ethyl adjacent to an activating group) is 1. The first-order valence-electron chi connectivity index (χ1n) is 8.94. The largest absolute Gasteiger partial charge is 0.355 e. The van der Waals surface area contributed by atoms with Gasteiger partial charge in [0.2, 0.25) is 17.7 Å². The maximum atomic E-state index is 12.1. The summed E-state index contributed by atoms with van der Waals surface area (Å²) in [6.07, 6.45) is 4.28. The Hall–Kier alpha value is -1.89. The molecule has 0 radical (unpaired) electrons. The first-order chi connectivity index (χ1) is 12.4. The molecule has 142 valence electrons. The third-order valence-corrected chi connectivity index (χ3v) is 5.13. The van der Waals surface area contributed by atoms with Crippen molar-refractivity contribution in [1.82, 2.24) is 10.2 Å². The lowest BCUT2D eigenvalue weighted by atomic mass is 10.1.